The van der Waals surface area contributed by atoms with Gasteiger partial charge in [0.1, 0.15) is 0 Å². The minimum absolute atomic E-state index is 0.148. The molecule has 0 spiro atoms. The zero-order valence-corrected chi connectivity index (χ0v) is 13.2. The van der Waals surface area contributed by atoms with Gasteiger partial charge in [-0.05, 0) is 20.8 Å². The van der Waals surface area contributed by atoms with Crippen LogP contribution in [0.2, 0.25) is 4.47 Å². The quantitative estimate of drug-likeness (QED) is 0.807. The highest BCUT2D eigenvalue weighted by molar-refractivity contribution is 7.91. The average Bonchev–Trinajstić information content (AvgIpc) is 2.58. The smallest absolute Gasteiger partial charge is 0.254 e. The van der Waals surface area contributed by atoms with Crippen LogP contribution in [-0.2, 0) is 14.8 Å². The fourth-order valence-electron chi connectivity index (χ4n) is 1.53. The first-order valence-electron chi connectivity index (χ1n) is 5.44. The Labute approximate surface area is 117 Å². The first kappa shape index (κ1) is 15.8. The Kier molecular flexibility index (Phi) is 5.54. The second-order valence-electron chi connectivity index (χ2n) is 4.04. The van der Waals surface area contributed by atoms with Crippen LogP contribution >= 0.6 is 22.9 Å². The molecule has 0 aliphatic heterocycles. The van der Waals surface area contributed by atoms with Gasteiger partial charge in [-0.15, -0.1) is 0 Å². The van der Waals surface area contributed by atoms with Gasteiger partial charge in [-0.1, -0.05) is 22.9 Å². The number of halogens is 1. The van der Waals surface area contributed by atoms with Crippen LogP contribution in [0.25, 0.3) is 0 Å². The Hall–Kier alpha value is -0.210. The summed E-state index contributed by atoms with van der Waals surface area (Å²) in [5.74, 6) is 0. The highest BCUT2D eigenvalue weighted by Crippen LogP contribution is 2.30. The van der Waals surface area contributed by atoms with Crippen molar-refractivity contribution in [1.29, 1.82) is 0 Å². The fourth-order valence-corrected chi connectivity index (χ4v) is 5.01. The maximum absolute atomic E-state index is 12.5. The maximum Gasteiger partial charge on any atom is 0.254 e. The normalized spacial score (nSPS) is 12.6. The van der Waals surface area contributed by atoms with E-state index in [4.69, 9.17) is 16.3 Å². The van der Waals surface area contributed by atoms with Gasteiger partial charge < -0.3 is 4.74 Å². The Bertz CT molecular complexity index is 499. The summed E-state index contributed by atoms with van der Waals surface area (Å²) in [4.78, 5) is 3.95. The zero-order valence-electron chi connectivity index (χ0n) is 10.8. The van der Waals surface area contributed by atoms with Gasteiger partial charge in [0.25, 0.3) is 10.0 Å². The van der Waals surface area contributed by atoms with E-state index in [9.17, 15) is 8.42 Å². The van der Waals surface area contributed by atoms with Gasteiger partial charge in [-0.3, -0.25) is 0 Å². The lowest BCUT2D eigenvalue weighted by Crippen LogP contribution is -2.39. The van der Waals surface area contributed by atoms with E-state index < -0.39 is 10.0 Å². The monoisotopic (exact) mass is 312 g/mol. The van der Waals surface area contributed by atoms with Crippen LogP contribution in [0.5, 0.6) is 0 Å². The molecule has 0 aromatic carbocycles. The number of nitrogens with zero attached hydrogens (tertiary/aromatic N) is 2. The minimum atomic E-state index is -3.56. The van der Waals surface area contributed by atoms with Crippen LogP contribution in [0, 0.1) is 6.92 Å². The van der Waals surface area contributed by atoms with Gasteiger partial charge in [0.2, 0.25) is 0 Å². The first-order valence-corrected chi connectivity index (χ1v) is 8.08. The lowest BCUT2D eigenvalue weighted by Gasteiger charge is -2.24. The highest BCUT2D eigenvalue weighted by atomic mass is 35.5. The van der Waals surface area contributed by atoms with Gasteiger partial charge in [0.05, 0.1) is 12.3 Å². The number of hydrogen-bond donors (Lipinski definition) is 0. The number of rotatable bonds is 6. The summed E-state index contributed by atoms with van der Waals surface area (Å²) >= 11 is 6.74. The molecule has 1 heterocycles. The molecule has 8 heteroatoms. The van der Waals surface area contributed by atoms with Gasteiger partial charge in [-0.2, -0.15) is 4.31 Å². The van der Waals surface area contributed by atoms with Crippen molar-refractivity contribution in [2.75, 3.05) is 20.3 Å². The van der Waals surface area contributed by atoms with Crippen molar-refractivity contribution in [3.05, 3.63) is 10.2 Å². The molecule has 1 aromatic heterocycles. The molecular weight excluding hydrogens is 296 g/mol. The van der Waals surface area contributed by atoms with Crippen molar-refractivity contribution in [1.82, 2.24) is 9.29 Å². The number of thiazole rings is 1. The van der Waals surface area contributed by atoms with Crippen LogP contribution in [-0.4, -0.2) is 44.0 Å². The van der Waals surface area contributed by atoms with Crippen molar-refractivity contribution in [2.45, 2.75) is 31.0 Å². The number of ether oxygens (including phenoxy) is 1. The molecule has 0 aliphatic carbocycles. The van der Waals surface area contributed by atoms with Gasteiger partial charge in [-0.25, -0.2) is 13.4 Å². The maximum atomic E-state index is 12.5. The second kappa shape index (κ2) is 6.29. The van der Waals surface area contributed by atoms with Crippen molar-refractivity contribution >= 4 is 33.0 Å². The SMILES string of the molecule is COCCN(C(C)C)S(=O)(=O)c1sc(Cl)nc1C. The van der Waals surface area contributed by atoms with E-state index in [1.54, 1.807) is 14.0 Å². The number of hydrogen-bond acceptors (Lipinski definition) is 5. The standard InChI is InChI=1S/C10H17ClN2O3S2/c1-7(2)13(5-6-16-4)18(14,15)9-8(3)12-10(11)17-9/h7H,5-6H2,1-4H3. The Balaban J connectivity index is 3.13. The largest absolute Gasteiger partial charge is 0.383 e. The summed E-state index contributed by atoms with van der Waals surface area (Å²) in [6, 6.07) is -0.148. The van der Waals surface area contributed by atoms with Crippen LogP contribution in [0.4, 0.5) is 0 Å². The molecular formula is C10H17ClN2O3S2. The van der Waals surface area contributed by atoms with E-state index in [0.29, 0.717) is 18.8 Å². The van der Waals surface area contributed by atoms with E-state index in [0.717, 1.165) is 11.3 Å². The van der Waals surface area contributed by atoms with Gasteiger partial charge >= 0.3 is 0 Å². The predicted molar refractivity (Wildman–Crippen MR) is 72.8 cm³/mol. The van der Waals surface area contributed by atoms with E-state index in [1.165, 1.54) is 4.31 Å². The molecule has 18 heavy (non-hydrogen) atoms. The molecule has 0 N–H and O–H groups in total. The van der Waals surface area contributed by atoms with Crippen LogP contribution < -0.4 is 0 Å². The summed E-state index contributed by atoms with van der Waals surface area (Å²) < 4.78 is 31.8. The summed E-state index contributed by atoms with van der Waals surface area (Å²) in [6.45, 7) is 5.95. The highest BCUT2D eigenvalue weighted by Gasteiger charge is 2.30. The molecule has 0 bridgehead atoms. The third-order valence-corrected chi connectivity index (χ3v) is 6.29. The molecule has 104 valence electrons. The summed E-state index contributed by atoms with van der Waals surface area (Å²) in [5, 5.41) is 0. The second-order valence-corrected chi connectivity index (χ2v) is 7.71. The first-order chi connectivity index (χ1) is 8.30. The Morgan fingerprint density at radius 2 is 2.11 bits per heavy atom. The molecule has 0 fully saturated rings. The number of aryl methyl sites for hydroxylation is 1. The Morgan fingerprint density at radius 3 is 2.50 bits per heavy atom. The molecule has 0 aliphatic rings. The van der Waals surface area contributed by atoms with Crippen molar-refractivity contribution in [2.24, 2.45) is 0 Å². The third-order valence-electron chi connectivity index (χ3n) is 2.36. The van der Waals surface area contributed by atoms with Gasteiger partial charge in [0.15, 0.2) is 8.68 Å². The molecule has 0 radical (unpaired) electrons. The Morgan fingerprint density at radius 1 is 1.50 bits per heavy atom. The molecule has 1 aromatic rings. The predicted octanol–water partition coefficient (Wildman–Crippen LogP) is 2.15. The number of methoxy groups -OCH3 is 1. The molecule has 0 amide bonds. The molecule has 1 rings (SSSR count). The molecule has 5 nitrogen and oxygen atoms in total. The van der Waals surface area contributed by atoms with Crippen LogP contribution in [0.1, 0.15) is 19.5 Å². The van der Waals surface area contributed by atoms with Crippen molar-refractivity contribution in [3.63, 3.8) is 0 Å². The topological polar surface area (TPSA) is 59.5 Å². The average molecular weight is 313 g/mol. The van der Waals surface area contributed by atoms with Crippen molar-refractivity contribution < 1.29 is 13.2 Å². The molecule has 0 saturated heterocycles. The van der Waals surface area contributed by atoms with Crippen LogP contribution in [0.15, 0.2) is 4.21 Å². The lowest BCUT2D eigenvalue weighted by atomic mass is 10.4. The van der Waals surface area contributed by atoms with E-state index in [2.05, 4.69) is 4.98 Å². The fraction of sp³-hybridized carbons (Fsp3) is 0.700. The minimum Gasteiger partial charge on any atom is -0.383 e. The zero-order chi connectivity index (χ0) is 13.9. The molecule has 0 unspecified atom stereocenters. The number of sulfonamides is 1. The summed E-state index contributed by atoms with van der Waals surface area (Å²) in [7, 11) is -2.02. The van der Waals surface area contributed by atoms with Crippen molar-refractivity contribution in [3.8, 4) is 0 Å². The van der Waals surface area contributed by atoms with E-state index in [-0.39, 0.29) is 14.7 Å². The third kappa shape index (κ3) is 3.42. The van der Waals surface area contributed by atoms with Gasteiger partial charge in [0, 0.05) is 19.7 Å². The molecule has 0 saturated carbocycles. The number of aromatic nitrogens is 1. The van der Waals surface area contributed by atoms with E-state index in [1.807, 2.05) is 13.8 Å². The summed E-state index contributed by atoms with van der Waals surface area (Å²) in [5.41, 5.74) is 0.438. The summed E-state index contributed by atoms with van der Waals surface area (Å²) in [6.07, 6.45) is 0. The van der Waals surface area contributed by atoms with Crippen LogP contribution in [0.3, 0.4) is 0 Å². The molecule has 0 atom stereocenters. The lowest BCUT2D eigenvalue weighted by molar-refractivity contribution is 0.171. The van der Waals surface area contributed by atoms with E-state index >= 15 is 0 Å².